The van der Waals surface area contributed by atoms with Crippen molar-refractivity contribution in [3.05, 3.63) is 23.4 Å². The number of ether oxygens (including phenoxy) is 2. The van der Waals surface area contributed by atoms with E-state index in [4.69, 9.17) is 14.7 Å². The zero-order valence-electron chi connectivity index (χ0n) is 9.19. The number of esters is 1. The highest BCUT2D eigenvalue weighted by molar-refractivity contribution is 5.72. The van der Waals surface area contributed by atoms with Gasteiger partial charge in [-0.2, -0.15) is 5.26 Å². The Bertz CT molecular complexity index is 424. The number of aromatic nitrogens is 1. The molecule has 0 unspecified atom stereocenters. The molecule has 5 nitrogen and oxygen atoms in total. The summed E-state index contributed by atoms with van der Waals surface area (Å²) >= 11 is 0. The molecule has 0 aliphatic carbocycles. The van der Waals surface area contributed by atoms with E-state index < -0.39 is 0 Å². The van der Waals surface area contributed by atoms with Crippen molar-refractivity contribution in [1.82, 2.24) is 4.98 Å². The molecule has 0 saturated carbocycles. The van der Waals surface area contributed by atoms with E-state index >= 15 is 0 Å². The van der Waals surface area contributed by atoms with Crippen molar-refractivity contribution >= 4 is 5.97 Å². The molecule has 0 amide bonds. The van der Waals surface area contributed by atoms with Crippen LogP contribution in [0.15, 0.2) is 12.1 Å². The van der Waals surface area contributed by atoms with Gasteiger partial charge in [0.1, 0.15) is 11.6 Å². The summed E-state index contributed by atoms with van der Waals surface area (Å²) in [6, 6.07) is 5.13. The molecule has 16 heavy (non-hydrogen) atoms. The average molecular weight is 220 g/mol. The molecule has 0 aliphatic heterocycles. The summed E-state index contributed by atoms with van der Waals surface area (Å²) in [7, 11) is 1.43. The molecule has 1 aromatic heterocycles. The Balaban J connectivity index is 2.84. The summed E-state index contributed by atoms with van der Waals surface area (Å²) in [5.41, 5.74) is 0.865. The van der Waals surface area contributed by atoms with Crippen molar-refractivity contribution in [3.8, 4) is 11.9 Å². The number of pyridine rings is 1. The van der Waals surface area contributed by atoms with Gasteiger partial charge in [-0.1, -0.05) is 0 Å². The molecule has 0 atom stereocenters. The summed E-state index contributed by atoms with van der Waals surface area (Å²) in [6.45, 7) is 2.08. The SMILES string of the molecule is CCOC(=O)Cc1ccc(C#N)c(OC)n1. The first-order chi connectivity index (χ1) is 7.71. The fourth-order valence-corrected chi connectivity index (χ4v) is 1.18. The van der Waals surface area contributed by atoms with Crippen molar-refractivity contribution in [2.75, 3.05) is 13.7 Å². The van der Waals surface area contributed by atoms with Crippen LogP contribution in [0.5, 0.6) is 5.88 Å². The van der Waals surface area contributed by atoms with Crippen LogP contribution in [0.1, 0.15) is 18.2 Å². The molecular weight excluding hydrogens is 208 g/mol. The minimum atomic E-state index is -0.346. The predicted octanol–water partition coefficient (Wildman–Crippen LogP) is 1.07. The number of methoxy groups -OCH3 is 1. The second kappa shape index (κ2) is 5.71. The lowest BCUT2D eigenvalue weighted by Gasteiger charge is -2.04. The minimum absolute atomic E-state index is 0.0793. The number of hydrogen-bond acceptors (Lipinski definition) is 5. The second-order valence-corrected chi connectivity index (χ2v) is 2.95. The Morgan fingerprint density at radius 1 is 1.56 bits per heavy atom. The average Bonchev–Trinajstić information content (AvgIpc) is 2.29. The summed E-state index contributed by atoms with van der Waals surface area (Å²) in [5, 5.41) is 8.74. The highest BCUT2D eigenvalue weighted by atomic mass is 16.5. The zero-order chi connectivity index (χ0) is 12.0. The van der Waals surface area contributed by atoms with E-state index in [2.05, 4.69) is 4.98 Å². The molecule has 1 rings (SSSR count). The molecule has 0 saturated heterocycles. The fourth-order valence-electron chi connectivity index (χ4n) is 1.18. The summed E-state index contributed by atoms with van der Waals surface area (Å²) in [4.78, 5) is 15.2. The quantitative estimate of drug-likeness (QED) is 0.709. The summed E-state index contributed by atoms with van der Waals surface area (Å²) < 4.78 is 9.72. The maximum atomic E-state index is 11.2. The van der Waals surface area contributed by atoms with Crippen molar-refractivity contribution < 1.29 is 14.3 Å². The first kappa shape index (κ1) is 12.0. The molecular formula is C11H12N2O3. The maximum absolute atomic E-state index is 11.2. The van der Waals surface area contributed by atoms with E-state index in [1.165, 1.54) is 7.11 Å². The molecule has 5 heteroatoms. The Kier molecular flexibility index (Phi) is 4.28. The smallest absolute Gasteiger partial charge is 0.311 e. The van der Waals surface area contributed by atoms with Gasteiger partial charge in [0.15, 0.2) is 0 Å². The van der Waals surface area contributed by atoms with Crippen LogP contribution >= 0.6 is 0 Å². The summed E-state index contributed by atoms with van der Waals surface area (Å²) in [5.74, 6) is -0.119. The van der Waals surface area contributed by atoms with Gasteiger partial charge in [-0.25, -0.2) is 4.98 Å². The van der Waals surface area contributed by atoms with E-state index in [9.17, 15) is 4.79 Å². The van der Waals surface area contributed by atoms with E-state index in [0.717, 1.165) is 0 Å². The van der Waals surface area contributed by atoms with Crippen LogP contribution in [0.4, 0.5) is 0 Å². The molecule has 1 heterocycles. The van der Waals surface area contributed by atoms with Gasteiger partial charge >= 0.3 is 5.97 Å². The highest BCUT2D eigenvalue weighted by Crippen LogP contribution is 2.14. The van der Waals surface area contributed by atoms with Gasteiger partial charge in [0.25, 0.3) is 0 Å². The molecule has 0 bridgehead atoms. The van der Waals surface area contributed by atoms with Gasteiger partial charge in [0.2, 0.25) is 5.88 Å². The number of rotatable bonds is 4. The lowest BCUT2D eigenvalue weighted by Crippen LogP contribution is -2.09. The topological polar surface area (TPSA) is 72.2 Å². The predicted molar refractivity (Wildman–Crippen MR) is 55.8 cm³/mol. The third-order valence-electron chi connectivity index (χ3n) is 1.86. The van der Waals surface area contributed by atoms with Gasteiger partial charge in [0.05, 0.1) is 25.8 Å². The lowest BCUT2D eigenvalue weighted by atomic mass is 10.2. The molecule has 0 radical (unpaired) electrons. The molecule has 0 aliphatic rings. The maximum Gasteiger partial charge on any atom is 0.311 e. The van der Waals surface area contributed by atoms with Crippen LogP contribution in [0.2, 0.25) is 0 Å². The van der Waals surface area contributed by atoms with Crippen molar-refractivity contribution in [2.24, 2.45) is 0 Å². The number of hydrogen-bond donors (Lipinski definition) is 0. The van der Waals surface area contributed by atoms with E-state index in [-0.39, 0.29) is 18.3 Å². The Labute approximate surface area is 93.6 Å². The normalized spacial score (nSPS) is 9.31. The number of nitrogens with zero attached hydrogens (tertiary/aromatic N) is 2. The molecule has 1 aromatic rings. The fraction of sp³-hybridized carbons (Fsp3) is 0.364. The Morgan fingerprint density at radius 3 is 2.88 bits per heavy atom. The standard InChI is InChI=1S/C11H12N2O3/c1-3-16-10(14)6-9-5-4-8(7-12)11(13-9)15-2/h4-5H,3,6H2,1-2H3. The minimum Gasteiger partial charge on any atom is -0.480 e. The Hall–Kier alpha value is -2.09. The van der Waals surface area contributed by atoms with Gasteiger partial charge in [-0.05, 0) is 19.1 Å². The van der Waals surface area contributed by atoms with Crippen LogP contribution in [-0.4, -0.2) is 24.7 Å². The third kappa shape index (κ3) is 2.95. The molecule has 0 spiro atoms. The highest BCUT2D eigenvalue weighted by Gasteiger charge is 2.09. The zero-order valence-corrected chi connectivity index (χ0v) is 9.19. The van der Waals surface area contributed by atoms with Gasteiger partial charge in [-0.15, -0.1) is 0 Å². The summed E-state index contributed by atoms with van der Waals surface area (Å²) in [6.07, 6.45) is 0.0793. The molecule has 84 valence electrons. The second-order valence-electron chi connectivity index (χ2n) is 2.95. The van der Waals surface area contributed by atoms with Crippen LogP contribution in [0, 0.1) is 11.3 Å². The van der Waals surface area contributed by atoms with Gasteiger partial charge in [0, 0.05) is 0 Å². The van der Waals surface area contributed by atoms with E-state index in [1.807, 2.05) is 6.07 Å². The van der Waals surface area contributed by atoms with Crippen molar-refractivity contribution in [1.29, 1.82) is 5.26 Å². The number of carbonyl (C=O) groups excluding carboxylic acids is 1. The first-order valence-corrected chi connectivity index (χ1v) is 4.81. The third-order valence-corrected chi connectivity index (χ3v) is 1.86. The van der Waals surface area contributed by atoms with Crippen LogP contribution in [-0.2, 0) is 16.0 Å². The van der Waals surface area contributed by atoms with Gasteiger partial charge < -0.3 is 9.47 Å². The molecule has 0 fully saturated rings. The first-order valence-electron chi connectivity index (χ1n) is 4.81. The molecule has 0 N–H and O–H groups in total. The van der Waals surface area contributed by atoms with Crippen molar-refractivity contribution in [2.45, 2.75) is 13.3 Å². The van der Waals surface area contributed by atoms with Crippen molar-refractivity contribution in [3.63, 3.8) is 0 Å². The van der Waals surface area contributed by atoms with E-state index in [0.29, 0.717) is 17.9 Å². The number of carbonyl (C=O) groups is 1. The monoisotopic (exact) mass is 220 g/mol. The Morgan fingerprint density at radius 2 is 2.31 bits per heavy atom. The number of nitriles is 1. The van der Waals surface area contributed by atoms with Crippen LogP contribution < -0.4 is 4.74 Å². The van der Waals surface area contributed by atoms with E-state index in [1.54, 1.807) is 19.1 Å². The van der Waals surface area contributed by atoms with Crippen LogP contribution in [0.25, 0.3) is 0 Å². The molecule has 0 aromatic carbocycles. The van der Waals surface area contributed by atoms with Gasteiger partial charge in [-0.3, -0.25) is 4.79 Å². The lowest BCUT2D eigenvalue weighted by molar-refractivity contribution is -0.142. The van der Waals surface area contributed by atoms with Crippen LogP contribution in [0.3, 0.4) is 0 Å². The largest absolute Gasteiger partial charge is 0.480 e.